The van der Waals surface area contributed by atoms with Crippen molar-refractivity contribution >= 4 is 27.7 Å². The van der Waals surface area contributed by atoms with E-state index in [1.807, 2.05) is 6.92 Å². The van der Waals surface area contributed by atoms with E-state index in [1.165, 1.54) is 12.8 Å². The molecule has 1 aromatic heterocycles. The highest BCUT2D eigenvalue weighted by Gasteiger charge is 2.45. The lowest BCUT2D eigenvalue weighted by Crippen LogP contribution is -2.56. The zero-order valence-corrected chi connectivity index (χ0v) is 14.6. The summed E-state index contributed by atoms with van der Waals surface area (Å²) >= 11 is 3.52. The number of hydrogen-bond acceptors (Lipinski definition) is 3. The maximum Gasteiger partial charge on any atom is 0.223 e. The van der Waals surface area contributed by atoms with E-state index in [0.717, 1.165) is 48.3 Å². The van der Waals surface area contributed by atoms with Gasteiger partial charge in [-0.3, -0.25) is 4.79 Å². The number of nitrogens with zero attached hydrogens (tertiary/aromatic N) is 3. The first-order valence-electron chi connectivity index (χ1n) is 8.33. The first-order valence-corrected chi connectivity index (χ1v) is 9.12. The summed E-state index contributed by atoms with van der Waals surface area (Å²) in [6.07, 6.45) is 5.29. The Kier molecular flexibility index (Phi) is 3.63. The molecule has 0 N–H and O–H groups in total. The Morgan fingerprint density at radius 1 is 1.23 bits per heavy atom. The number of fused-ring (bicyclic) bond motifs is 1. The number of aryl methyl sites for hydroxylation is 1. The van der Waals surface area contributed by atoms with Crippen LogP contribution in [-0.2, 0) is 4.79 Å². The summed E-state index contributed by atoms with van der Waals surface area (Å²) in [6.45, 7) is 4.08. The van der Waals surface area contributed by atoms with Crippen molar-refractivity contribution in [3.05, 3.63) is 22.3 Å². The molecule has 1 saturated carbocycles. The Labute approximate surface area is 140 Å². The van der Waals surface area contributed by atoms with Crippen LogP contribution in [-0.4, -0.2) is 41.0 Å². The second kappa shape index (κ2) is 5.52. The molecule has 3 heterocycles. The molecule has 3 fully saturated rings. The molecule has 0 radical (unpaired) electrons. The van der Waals surface area contributed by atoms with Crippen LogP contribution >= 0.6 is 15.9 Å². The van der Waals surface area contributed by atoms with Gasteiger partial charge in [-0.25, -0.2) is 4.98 Å². The second-order valence-electron chi connectivity index (χ2n) is 6.87. The Morgan fingerprint density at radius 2 is 2.05 bits per heavy atom. The van der Waals surface area contributed by atoms with Gasteiger partial charge >= 0.3 is 0 Å². The third-order valence-electron chi connectivity index (χ3n) is 5.34. The Hall–Kier alpha value is -1.10. The summed E-state index contributed by atoms with van der Waals surface area (Å²) in [5.41, 5.74) is 1.04. The van der Waals surface area contributed by atoms with Gasteiger partial charge in [0.1, 0.15) is 5.82 Å². The number of rotatable bonds is 2. The van der Waals surface area contributed by atoms with Crippen molar-refractivity contribution in [3.63, 3.8) is 0 Å². The number of piperidine rings is 2. The van der Waals surface area contributed by atoms with Gasteiger partial charge in [-0.15, -0.1) is 0 Å². The summed E-state index contributed by atoms with van der Waals surface area (Å²) in [6, 6.07) is 5.22. The standard InChI is InChI=1S/C17H22BrN3O/c1-11-14(18)5-6-16(19-11)20-9-8-15-12(10-20)2-7-17(22)21(15)13-3-4-13/h5-6,12-13,15H,2-4,7-10H2,1H3. The van der Waals surface area contributed by atoms with Crippen LogP contribution in [0.5, 0.6) is 0 Å². The molecule has 4 rings (SSSR count). The van der Waals surface area contributed by atoms with E-state index >= 15 is 0 Å². The number of carbonyl (C=O) groups excluding carboxylic acids is 1. The molecule has 1 aromatic rings. The highest BCUT2D eigenvalue weighted by Crippen LogP contribution is 2.39. The molecule has 2 aliphatic heterocycles. The third kappa shape index (κ3) is 2.53. The molecule has 22 heavy (non-hydrogen) atoms. The van der Waals surface area contributed by atoms with E-state index in [0.29, 0.717) is 23.9 Å². The lowest BCUT2D eigenvalue weighted by atomic mass is 9.83. The predicted molar refractivity (Wildman–Crippen MR) is 89.9 cm³/mol. The third-order valence-corrected chi connectivity index (χ3v) is 6.18. The monoisotopic (exact) mass is 363 g/mol. The first kappa shape index (κ1) is 14.5. The lowest BCUT2D eigenvalue weighted by Gasteiger charge is -2.47. The van der Waals surface area contributed by atoms with E-state index in [-0.39, 0.29) is 0 Å². The molecule has 2 atom stereocenters. The molecule has 0 spiro atoms. The highest BCUT2D eigenvalue weighted by atomic mass is 79.9. The van der Waals surface area contributed by atoms with Gasteiger partial charge in [0.2, 0.25) is 5.91 Å². The van der Waals surface area contributed by atoms with Gasteiger partial charge in [-0.1, -0.05) is 0 Å². The Morgan fingerprint density at radius 3 is 2.77 bits per heavy atom. The number of anilines is 1. The van der Waals surface area contributed by atoms with E-state index in [1.54, 1.807) is 0 Å². The fourth-order valence-electron chi connectivity index (χ4n) is 4.03. The lowest BCUT2D eigenvalue weighted by molar-refractivity contribution is -0.140. The summed E-state index contributed by atoms with van der Waals surface area (Å²) in [7, 11) is 0. The fourth-order valence-corrected chi connectivity index (χ4v) is 4.26. The van der Waals surface area contributed by atoms with Gasteiger partial charge in [0.25, 0.3) is 0 Å². The van der Waals surface area contributed by atoms with Crippen molar-refractivity contribution < 1.29 is 4.79 Å². The number of aromatic nitrogens is 1. The average molecular weight is 364 g/mol. The minimum atomic E-state index is 0.398. The van der Waals surface area contributed by atoms with Crippen LogP contribution in [0.15, 0.2) is 16.6 Å². The normalized spacial score (nSPS) is 28.7. The number of amides is 1. The van der Waals surface area contributed by atoms with Crippen LogP contribution in [0.2, 0.25) is 0 Å². The minimum Gasteiger partial charge on any atom is -0.356 e. The van der Waals surface area contributed by atoms with Crippen molar-refractivity contribution in [1.82, 2.24) is 9.88 Å². The van der Waals surface area contributed by atoms with Crippen LogP contribution in [0, 0.1) is 12.8 Å². The molecule has 3 aliphatic rings. The quantitative estimate of drug-likeness (QED) is 0.809. The highest BCUT2D eigenvalue weighted by molar-refractivity contribution is 9.10. The molecule has 0 bridgehead atoms. The molecule has 118 valence electrons. The molecular weight excluding hydrogens is 342 g/mol. The second-order valence-corrected chi connectivity index (χ2v) is 7.72. The van der Waals surface area contributed by atoms with Crippen molar-refractivity contribution in [2.24, 2.45) is 5.92 Å². The van der Waals surface area contributed by atoms with Gasteiger partial charge in [-0.2, -0.15) is 0 Å². The zero-order valence-electron chi connectivity index (χ0n) is 13.0. The number of likely N-dealkylation sites (tertiary alicyclic amines) is 1. The minimum absolute atomic E-state index is 0.398. The van der Waals surface area contributed by atoms with Crippen LogP contribution in [0.25, 0.3) is 0 Å². The summed E-state index contributed by atoms with van der Waals surface area (Å²) in [5, 5.41) is 0. The molecular formula is C17H22BrN3O. The maximum atomic E-state index is 12.3. The van der Waals surface area contributed by atoms with Gasteiger partial charge in [0, 0.05) is 36.1 Å². The van der Waals surface area contributed by atoms with Crippen LogP contribution in [0.4, 0.5) is 5.82 Å². The van der Waals surface area contributed by atoms with Crippen LogP contribution in [0.1, 0.15) is 37.8 Å². The zero-order chi connectivity index (χ0) is 15.3. The largest absolute Gasteiger partial charge is 0.356 e. The molecule has 5 heteroatoms. The molecule has 2 unspecified atom stereocenters. The predicted octanol–water partition coefficient (Wildman–Crippen LogP) is 3.13. The molecule has 1 aliphatic carbocycles. The van der Waals surface area contributed by atoms with Gasteiger partial charge in [0.15, 0.2) is 0 Å². The number of halogens is 1. The van der Waals surface area contributed by atoms with Crippen molar-refractivity contribution in [3.8, 4) is 0 Å². The first-order chi connectivity index (χ1) is 10.6. The number of hydrogen-bond donors (Lipinski definition) is 0. The van der Waals surface area contributed by atoms with Crippen molar-refractivity contribution in [2.45, 2.75) is 51.1 Å². The molecule has 1 amide bonds. The molecule has 4 nitrogen and oxygen atoms in total. The van der Waals surface area contributed by atoms with Crippen molar-refractivity contribution in [2.75, 3.05) is 18.0 Å². The van der Waals surface area contributed by atoms with Gasteiger partial charge < -0.3 is 9.80 Å². The molecule has 0 aromatic carbocycles. The van der Waals surface area contributed by atoms with E-state index in [4.69, 9.17) is 4.98 Å². The van der Waals surface area contributed by atoms with E-state index in [2.05, 4.69) is 37.9 Å². The Balaban J connectivity index is 1.52. The number of carbonyl (C=O) groups is 1. The smallest absolute Gasteiger partial charge is 0.223 e. The van der Waals surface area contributed by atoms with Gasteiger partial charge in [-0.05, 0) is 66.6 Å². The average Bonchev–Trinajstić information content (AvgIpc) is 3.34. The van der Waals surface area contributed by atoms with E-state index in [9.17, 15) is 4.79 Å². The fraction of sp³-hybridized carbons (Fsp3) is 0.647. The molecule has 2 saturated heterocycles. The SMILES string of the molecule is Cc1nc(N2CCC3C(CCC(=O)N3C3CC3)C2)ccc1Br. The van der Waals surface area contributed by atoms with Gasteiger partial charge in [0.05, 0.1) is 5.69 Å². The topological polar surface area (TPSA) is 36.4 Å². The summed E-state index contributed by atoms with van der Waals surface area (Å²) in [4.78, 5) is 21.6. The van der Waals surface area contributed by atoms with Crippen LogP contribution in [0.3, 0.4) is 0 Å². The summed E-state index contributed by atoms with van der Waals surface area (Å²) < 4.78 is 1.06. The Bertz CT molecular complexity index is 602. The van der Waals surface area contributed by atoms with Crippen molar-refractivity contribution in [1.29, 1.82) is 0 Å². The van der Waals surface area contributed by atoms with Crippen LogP contribution < -0.4 is 4.90 Å². The summed E-state index contributed by atoms with van der Waals surface area (Å²) in [5.74, 6) is 2.08. The van der Waals surface area contributed by atoms with E-state index < -0.39 is 0 Å². The maximum absolute atomic E-state index is 12.3. The number of pyridine rings is 1.